The average Bonchev–Trinajstić information content (AvgIpc) is 3.22. The molecule has 0 aromatic carbocycles. The van der Waals surface area contributed by atoms with E-state index in [-0.39, 0.29) is 11.4 Å². The predicted octanol–water partition coefficient (Wildman–Crippen LogP) is 3.27. The second-order valence-electron chi connectivity index (χ2n) is 5.64. The Kier molecular flexibility index (Phi) is 6.69. The summed E-state index contributed by atoms with van der Waals surface area (Å²) in [6, 6.07) is 0. The van der Waals surface area contributed by atoms with Gasteiger partial charge in [0.2, 0.25) is 0 Å². The lowest BCUT2D eigenvalue weighted by Gasteiger charge is -2.29. The SMILES string of the molecule is CCCCCCCCC(CN)(C(=O)OC)C1CC1. The van der Waals surface area contributed by atoms with Gasteiger partial charge in [0.15, 0.2) is 0 Å². The first-order chi connectivity index (χ1) is 8.71. The zero-order valence-electron chi connectivity index (χ0n) is 12.0. The fourth-order valence-electron chi connectivity index (χ4n) is 2.88. The zero-order chi connectivity index (χ0) is 13.4. The van der Waals surface area contributed by atoms with Gasteiger partial charge >= 0.3 is 5.97 Å². The Morgan fingerprint density at radius 3 is 2.33 bits per heavy atom. The summed E-state index contributed by atoms with van der Waals surface area (Å²) in [5, 5.41) is 0. The molecule has 1 fully saturated rings. The molecule has 1 aliphatic rings. The first kappa shape index (κ1) is 15.5. The molecule has 2 N–H and O–H groups in total. The quantitative estimate of drug-likeness (QED) is 0.481. The van der Waals surface area contributed by atoms with Crippen molar-refractivity contribution >= 4 is 5.97 Å². The summed E-state index contributed by atoms with van der Waals surface area (Å²) in [7, 11) is 1.48. The van der Waals surface area contributed by atoms with Gasteiger partial charge in [-0.3, -0.25) is 4.79 Å². The first-order valence-corrected chi connectivity index (χ1v) is 7.49. The maximum atomic E-state index is 12.0. The second-order valence-corrected chi connectivity index (χ2v) is 5.64. The van der Waals surface area contributed by atoms with E-state index in [4.69, 9.17) is 10.5 Å². The molecule has 3 nitrogen and oxygen atoms in total. The number of methoxy groups -OCH3 is 1. The van der Waals surface area contributed by atoms with Crippen LogP contribution in [0.3, 0.4) is 0 Å². The molecule has 0 radical (unpaired) electrons. The lowest BCUT2D eigenvalue weighted by molar-refractivity contribution is -0.154. The maximum absolute atomic E-state index is 12.0. The van der Waals surface area contributed by atoms with Crippen LogP contribution in [0.25, 0.3) is 0 Å². The van der Waals surface area contributed by atoms with E-state index in [0.29, 0.717) is 12.5 Å². The molecule has 1 unspecified atom stereocenters. The fraction of sp³-hybridized carbons (Fsp3) is 0.933. The van der Waals surface area contributed by atoms with Crippen molar-refractivity contribution in [1.29, 1.82) is 0 Å². The molecule has 1 atom stereocenters. The molecule has 0 heterocycles. The molecular formula is C15H29NO2. The number of esters is 1. The lowest BCUT2D eigenvalue weighted by Crippen LogP contribution is -2.41. The van der Waals surface area contributed by atoms with E-state index in [0.717, 1.165) is 25.7 Å². The molecule has 0 spiro atoms. The van der Waals surface area contributed by atoms with E-state index in [1.165, 1.54) is 39.2 Å². The Labute approximate surface area is 111 Å². The van der Waals surface area contributed by atoms with Gasteiger partial charge in [-0.2, -0.15) is 0 Å². The van der Waals surface area contributed by atoms with E-state index in [9.17, 15) is 4.79 Å². The van der Waals surface area contributed by atoms with Gasteiger partial charge in [0.25, 0.3) is 0 Å². The van der Waals surface area contributed by atoms with Crippen LogP contribution < -0.4 is 5.73 Å². The van der Waals surface area contributed by atoms with E-state index in [1.54, 1.807) is 0 Å². The average molecular weight is 255 g/mol. The normalized spacial score (nSPS) is 18.4. The number of hydrogen-bond acceptors (Lipinski definition) is 3. The number of hydrogen-bond donors (Lipinski definition) is 1. The number of ether oxygens (including phenoxy) is 1. The van der Waals surface area contributed by atoms with Crippen LogP contribution in [0.2, 0.25) is 0 Å². The Bertz CT molecular complexity index is 251. The van der Waals surface area contributed by atoms with Crippen molar-refractivity contribution < 1.29 is 9.53 Å². The Morgan fingerprint density at radius 1 is 1.22 bits per heavy atom. The standard InChI is InChI=1S/C15H29NO2/c1-3-4-5-6-7-8-11-15(12-16,13-9-10-13)14(17)18-2/h13H,3-12,16H2,1-2H3. The summed E-state index contributed by atoms with van der Waals surface area (Å²) in [5.41, 5.74) is 5.51. The molecule has 0 aliphatic heterocycles. The molecular weight excluding hydrogens is 226 g/mol. The van der Waals surface area contributed by atoms with Crippen molar-refractivity contribution in [1.82, 2.24) is 0 Å². The van der Waals surface area contributed by atoms with Crippen LogP contribution in [0, 0.1) is 11.3 Å². The van der Waals surface area contributed by atoms with E-state index in [1.807, 2.05) is 0 Å². The minimum atomic E-state index is -0.375. The molecule has 1 saturated carbocycles. The van der Waals surface area contributed by atoms with Crippen molar-refractivity contribution in [3.05, 3.63) is 0 Å². The third-order valence-corrected chi connectivity index (χ3v) is 4.29. The highest BCUT2D eigenvalue weighted by Crippen LogP contribution is 2.48. The van der Waals surface area contributed by atoms with Gasteiger partial charge in [0.1, 0.15) is 0 Å². The molecule has 0 bridgehead atoms. The first-order valence-electron chi connectivity index (χ1n) is 7.49. The molecule has 1 aliphatic carbocycles. The zero-order valence-corrected chi connectivity index (χ0v) is 12.0. The number of unbranched alkanes of at least 4 members (excludes halogenated alkanes) is 5. The van der Waals surface area contributed by atoms with Gasteiger partial charge in [-0.25, -0.2) is 0 Å². The highest BCUT2D eigenvalue weighted by Gasteiger charge is 2.50. The van der Waals surface area contributed by atoms with E-state index < -0.39 is 0 Å². The smallest absolute Gasteiger partial charge is 0.313 e. The predicted molar refractivity (Wildman–Crippen MR) is 74.2 cm³/mol. The van der Waals surface area contributed by atoms with Crippen LogP contribution in [0.1, 0.15) is 64.7 Å². The molecule has 106 valence electrons. The summed E-state index contributed by atoms with van der Waals surface area (Å²) in [6.45, 7) is 2.67. The Hall–Kier alpha value is -0.570. The fourth-order valence-corrected chi connectivity index (χ4v) is 2.88. The molecule has 1 rings (SSSR count). The molecule has 3 heteroatoms. The van der Waals surface area contributed by atoms with Gasteiger partial charge in [0.05, 0.1) is 12.5 Å². The van der Waals surface area contributed by atoms with Gasteiger partial charge in [0, 0.05) is 6.54 Å². The largest absolute Gasteiger partial charge is 0.469 e. The summed E-state index contributed by atoms with van der Waals surface area (Å²) in [5.74, 6) is 0.395. The van der Waals surface area contributed by atoms with Crippen LogP contribution >= 0.6 is 0 Å². The van der Waals surface area contributed by atoms with E-state index in [2.05, 4.69) is 6.92 Å². The van der Waals surface area contributed by atoms with Crippen LogP contribution in [0.4, 0.5) is 0 Å². The molecule has 0 aromatic heterocycles. The summed E-state index contributed by atoms with van der Waals surface area (Å²) in [6.07, 6.45) is 10.7. The monoisotopic (exact) mass is 255 g/mol. The number of carbonyl (C=O) groups is 1. The van der Waals surface area contributed by atoms with Gasteiger partial charge < -0.3 is 10.5 Å². The van der Waals surface area contributed by atoms with Crippen molar-refractivity contribution in [2.45, 2.75) is 64.7 Å². The third-order valence-electron chi connectivity index (χ3n) is 4.29. The van der Waals surface area contributed by atoms with Crippen LogP contribution in [0.5, 0.6) is 0 Å². The number of carbonyl (C=O) groups excluding carboxylic acids is 1. The lowest BCUT2D eigenvalue weighted by atomic mass is 9.77. The van der Waals surface area contributed by atoms with Gasteiger partial charge in [-0.15, -0.1) is 0 Å². The van der Waals surface area contributed by atoms with E-state index >= 15 is 0 Å². The molecule has 0 saturated heterocycles. The Balaban J connectivity index is 2.35. The van der Waals surface area contributed by atoms with Gasteiger partial charge in [-0.1, -0.05) is 45.4 Å². The summed E-state index contributed by atoms with van der Waals surface area (Å²) < 4.78 is 4.98. The van der Waals surface area contributed by atoms with Crippen LogP contribution in [0.15, 0.2) is 0 Å². The van der Waals surface area contributed by atoms with Crippen molar-refractivity contribution in [2.24, 2.45) is 17.1 Å². The second kappa shape index (κ2) is 7.78. The van der Waals surface area contributed by atoms with Crippen LogP contribution in [-0.4, -0.2) is 19.6 Å². The minimum absolute atomic E-state index is 0.0824. The molecule has 0 amide bonds. The van der Waals surface area contributed by atoms with Crippen molar-refractivity contribution in [2.75, 3.05) is 13.7 Å². The topological polar surface area (TPSA) is 52.3 Å². The van der Waals surface area contributed by atoms with Crippen molar-refractivity contribution in [3.8, 4) is 0 Å². The highest BCUT2D eigenvalue weighted by atomic mass is 16.5. The number of rotatable bonds is 10. The minimum Gasteiger partial charge on any atom is -0.469 e. The molecule has 18 heavy (non-hydrogen) atoms. The summed E-state index contributed by atoms with van der Waals surface area (Å²) in [4.78, 5) is 12.0. The Morgan fingerprint density at radius 2 is 1.83 bits per heavy atom. The highest BCUT2D eigenvalue weighted by molar-refractivity contribution is 5.78. The molecule has 0 aromatic rings. The van der Waals surface area contributed by atoms with Gasteiger partial charge in [-0.05, 0) is 25.2 Å². The number of nitrogens with two attached hydrogens (primary N) is 1. The van der Waals surface area contributed by atoms with Crippen LogP contribution in [-0.2, 0) is 9.53 Å². The third kappa shape index (κ3) is 3.98. The summed E-state index contributed by atoms with van der Waals surface area (Å²) >= 11 is 0. The maximum Gasteiger partial charge on any atom is 0.313 e. The van der Waals surface area contributed by atoms with Crippen molar-refractivity contribution in [3.63, 3.8) is 0 Å².